The fourth-order valence-electron chi connectivity index (χ4n) is 3.54. The van der Waals surface area contributed by atoms with Crippen molar-refractivity contribution >= 4 is 11.8 Å². The summed E-state index contributed by atoms with van der Waals surface area (Å²) in [6.45, 7) is 6.47. The van der Waals surface area contributed by atoms with Crippen molar-refractivity contribution in [2.24, 2.45) is 0 Å². The molecule has 1 fully saturated rings. The molecule has 3 rings (SSSR count). The number of carbonyl (C=O) groups is 2. The number of amides is 2. The van der Waals surface area contributed by atoms with Crippen LogP contribution in [-0.4, -0.2) is 59.9 Å². The normalized spacial score (nSPS) is 14.8. The molecule has 0 bridgehead atoms. The average molecular weight is 369 g/mol. The van der Waals surface area contributed by atoms with Crippen LogP contribution in [0.15, 0.2) is 30.5 Å². The molecule has 1 aromatic carbocycles. The topological polar surface area (TPSA) is 65.6 Å². The summed E-state index contributed by atoms with van der Waals surface area (Å²) in [6.07, 6.45) is 2.92. The summed E-state index contributed by atoms with van der Waals surface area (Å²) in [5.41, 5.74) is 3.72. The lowest BCUT2D eigenvalue weighted by molar-refractivity contribution is -0.130. The maximum Gasteiger partial charge on any atom is 0.270 e. The number of benzene rings is 1. The number of nitrogens with one attached hydrogen (secondary N) is 1. The number of aromatic nitrogens is 1. The number of hydrogen-bond donors (Lipinski definition) is 1. The Hall–Kier alpha value is -2.76. The maximum absolute atomic E-state index is 12.8. The minimum atomic E-state index is -0.00378. The lowest BCUT2D eigenvalue weighted by atomic mass is 10.0. The second-order valence-electron chi connectivity index (χ2n) is 7.04. The van der Waals surface area contributed by atoms with Crippen LogP contribution in [-0.2, 0) is 11.2 Å². The van der Waals surface area contributed by atoms with Crippen molar-refractivity contribution in [3.05, 3.63) is 52.8 Å². The Morgan fingerprint density at radius 1 is 1.07 bits per heavy atom. The Bertz CT molecular complexity index is 814. The standard InChI is InChI=1S/C21H27N3O3/c1-15-13-19(27-3)16(2)12-17(15)14-20(25)23-8-5-9-24(11-10-23)21(26)18-6-4-7-22-18/h4,6-7,12-13,22H,5,8-11,14H2,1-3H3. The van der Waals surface area contributed by atoms with E-state index in [1.165, 1.54) is 0 Å². The largest absolute Gasteiger partial charge is 0.496 e. The molecule has 0 unspecified atom stereocenters. The van der Waals surface area contributed by atoms with E-state index in [1.54, 1.807) is 19.4 Å². The zero-order valence-corrected chi connectivity index (χ0v) is 16.2. The molecule has 0 saturated carbocycles. The van der Waals surface area contributed by atoms with Crippen LogP contribution >= 0.6 is 0 Å². The lowest BCUT2D eigenvalue weighted by Crippen LogP contribution is -2.38. The molecule has 0 spiro atoms. The van der Waals surface area contributed by atoms with E-state index < -0.39 is 0 Å². The summed E-state index contributed by atoms with van der Waals surface area (Å²) in [7, 11) is 1.66. The van der Waals surface area contributed by atoms with Gasteiger partial charge in [-0.05, 0) is 55.2 Å². The van der Waals surface area contributed by atoms with E-state index in [0.717, 1.165) is 28.9 Å². The second-order valence-corrected chi connectivity index (χ2v) is 7.04. The number of methoxy groups -OCH3 is 1. The van der Waals surface area contributed by atoms with Gasteiger partial charge in [-0.25, -0.2) is 0 Å². The molecule has 1 saturated heterocycles. The highest BCUT2D eigenvalue weighted by atomic mass is 16.5. The Balaban J connectivity index is 1.63. The third-order valence-electron chi connectivity index (χ3n) is 5.16. The van der Waals surface area contributed by atoms with E-state index in [0.29, 0.717) is 38.3 Å². The summed E-state index contributed by atoms with van der Waals surface area (Å²) in [6, 6.07) is 7.62. The van der Waals surface area contributed by atoms with Gasteiger partial charge in [0.05, 0.1) is 13.5 Å². The fourth-order valence-corrected chi connectivity index (χ4v) is 3.54. The number of nitrogens with zero attached hydrogens (tertiary/aromatic N) is 2. The third-order valence-corrected chi connectivity index (χ3v) is 5.16. The van der Waals surface area contributed by atoms with Crippen LogP contribution in [0.4, 0.5) is 0 Å². The molecule has 2 heterocycles. The van der Waals surface area contributed by atoms with Gasteiger partial charge in [0.15, 0.2) is 0 Å². The fraction of sp³-hybridized carbons (Fsp3) is 0.429. The summed E-state index contributed by atoms with van der Waals surface area (Å²) >= 11 is 0. The Morgan fingerprint density at radius 2 is 1.81 bits per heavy atom. The third kappa shape index (κ3) is 4.32. The van der Waals surface area contributed by atoms with Gasteiger partial charge in [0, 0.05) is 32.4 Å². The number of aryl methyl sites for hydroxylation is 2. The van der Waals surface area contributed by atoms with E-state index >= 15 is 0 Å². The van der Waals surface area contributed by atoms with E-state index in [4.69, 9.17) is 4.74 Å². The first-order valence-corrected chi connectivity index (χ1v) is 9.34. The molecule has 2 amide bonds. The van der Waals surface area contributed by atoms with Crippen LogP contribution in [0.25, 0.3) is 0 Å². The Morgan fingerprint density at radius 3 is 2.52 bits per heavy atom. The van der Waals surface area contributed by atoms with Crippen molar-refractivity contribution in [2.75, 3.05) is 33.3 Å². The monoisotopic (exact) mass is 369 g/mol. The van der Waals surface area contributed by atoms with Crippen LogP contribution in [0, 0.1) is 13.8 Å². The Kier molecular flexibility index (Phi) is 5.84. The minimum absolute atomic E-state index is 0.00378. The zero-order valence-electron chi connectivity index (χ0n) is 16.2. The summed E-state index contributed by atoms with van der Waals surface area (Å²) in [5.74, 6) is 0.949. The minimum Gasteiger partial charge on any atom is -0.496 e. The molecule has 1 aromatic heterocycles. The predicted octanol–water partition coefficient (Wildman–Crippen LogP) is 2.56. The van der Waals surface area contributed by atoms with Gasteiger partial charge < -0.3 is 19.5 Å². The summed E-state index contributed by atoms with van der Waals surface area (Å²) in [4.78, 5) is 32.0. The van der Waals surface area contributed by atoms with Crippen molar-refractivity contribution in [1.82, 2.24) is 14.8 Å². The predicted molar refractivity (Wildman–Crippen MR) is 104 cm³/mol. The summed E-state index contributed by atoms with van der Waals surface area (Å²) in [5, 5.41) is 0. The van der Waals surface area contributed by atoms with Crippen molar-refractivity contribution in [3.63, 3.8) is 0 Å². The van der Waals surface area contributed by atoms with Gasteiger partial charge in [-0.15, -0.1) is 0 Å². The molecule has 1 aliphatic rings. The molecule has 2 aromatic rings. The number of carbonyl (C=O) groups excluding carboxylic acids is 2. The van der Waals surface area contributed by atoms with Gasteiger partial charge in [0.1, 0.15) is 11.4 Å². The van der Waals surface area contributed by atoms with Gasteiger partial charge in [-0.2, -0.15) is 0 Å². The first-order chi connectivity index (χ1) is 13.0. The molecule has 144 valence electrons. The van der Waals surface area contributed by atoms with Gasteiger partial charge in [0.2, 0.25) is 5.91 Å². The second kappa shape index (κ2) is 8.29. The van der Waals surface area contributed by atoms with E-state index in [-0.39, 0.29) is 11.8 Å². The van der Waals surface area contributed by atoms with E-state index in [2.05, 4.69) is 4.98 Å². The van der Waals surface area contributed by atoms with Gasteiger partial charge in [-0.1, -0.05) is 6.07 Å². The number of H-pyrrole nitrogens is 1. The van der Waals surface area contributed by atoms with E-state index in [1.807, 2.05) is 41.8 Å². The number of ether oxygens (including phenoxy) is 1. The van der Waals surface area contributed by atoms with E-state index in [9.17, 15) is 9.59 Å². The van der Waals surface area contributed by atoms with Crippen molar-refractivity contribution in [1.29, 1.82) is 0 Å². The first-order valence-electron chi connectivity index (χ1n) is 9.34. The van der Waals surface area contributed by atoms with Crippen LogP contribution < -0.4 is 4.74 Å². The van der Waals surface area contributed by atoms with Crippen molar-refractivity contribution in [2.45, 2.75) is 26.7 Å². The molecule has 1 aliphatic heterocycles. The lowest BCUT2D eigenvalue weighted by Gasteiger charge is -2.22. The molecule has 6 heteroatoms. The zero-order chi connectivity index (χ0) is 19.4. The van der Waals surface area contributed by atoms with Crippen molar-refractivity contribution in [3.8, 4) is 5.75 Å². The maximum atomic E-state index is 12.8. The molecular formula is C21H27N3O3. The molecule has 1 N–H and O–H groups in total. The molecule has 27 heavy (non-hydrogen) atoms. The first kappa shape index (κ1) is 19.0. The highest BCUT2D eigenvalue weighted by molar-refractivity contribution is 5.92. The van der Waals surface area contributed by atoms with Crippen LogP contribution in [0.1, 0.15) is 33.6 Å². The smallest absolute Gasteiger partial charge is 0.270 e. The molecular weight excluding hydrogens is 342 g/mol. The van der Waals surface area contributed by atoms with Crippen LogP contribution in [0.3, 0.4) is 0 Å². The molecule has 6 nitrogen and oxygen atoms in total. The van der Waals surface area contributed by atoms with Gasteiger partial charge in [0.25, 0.3) is 5.91 Å². The molecule has 0 aliphatic carbocycles. The van der Waals surface area contributed by atoms with Crippen LogP contribution in [0.5, 0.6) is 5.75 Å². The highest BCUT2D eigenvalue weighted by Crippen LogP contribution is 2.23. The number of aromatic amines is 1. The number of hydrogen-bond acceptors (Lipinski definition) is 3. The molecule has 0 atom stereocenters. The number of rotatable bonds is 4. The average Bonchev–Trinajstić information content (AvgIpc) is 3.08. The highest BCUT2D eigenvalue weighted by Gasteiger charge is 2.23. The SMILES string of the molecule is COc1cc(C)c(CC(=O)N2CCCN(C(=O)c3ccc[nH]3)CC2)cc1C. The van der Waals surface area contributed by atoms with Crippen LogP contribution in [0.2, 0.25) is 0 Å². The molecule has 0 radical (unpaired) electrons. The Labute approximate surface area is 160 Å². The quantitative estimate of drug-likeness (QED) is 0.901. The van der Waals surface area contributed by atoms with Crippen molar-refractivity contribution < 1.29 is 14.3 Å². The summed E-state index contributed by atoms with van der Waals surface area (Å²) < 4.78 is 5.35. The van der Waals surface area contributed by atoms with Gasteiger partial charge in [-0.3, -0.25) is 9.59 Å². The van der Waals surface area contributed by atoms with Gasteiger partial charge >= 0.3 is 0 Å².